The summed E-state index contributed by atoms with van der Waals surface area (Å²) in [5, 5.41) is 12.1. The fourth-order valence-corrected chi connectivity index (χ4v) is 3.88. The molecule has 0 fully saturated rings. The number of phenolic OH excluding ortho intramolecular Hbond substituents is 1. The van der Waals surface area contributed by atoms with Crippen LogP contribution in [0.3, 0.4) is 0 Å². The summed E-state index contributed by atoms with van der Waals surface area (Å²) >= 11 is 0. The first kappa shape index (κ1) is 22.4. The Bertz CT molecular complexity index is 1210. The SMILES string of the molecule is O=C(Nc1ccc(CC2CCc3cc(O)ccc3C2=O)cc1)OCc1cc(F)c(F)cc1F. The molecule has 0 bridgehead atoms. The van der Waals surface area contributed by atoms with Crippen molar-refractivity contribution in [3.05, 3.63) is 94.3 Å². The van der Waals surface area contributed by atoms with Gasteiger partial charge in [0.25, 0.3) is 0 Å². The predicted octanol–water partition coefficient (Wildman–Crippen LogP) is 5.55. The molecule has 1 unspecified atom stereocenters. The number of anilines is 1. The van der Waals surface area contributed by atoms with Crippen LogP contribution in [0.25, 0.3) is 0 Å². The van der Waals surface area contributed by atoms with Crippen LogP contribution in [-0.2, 0) is 24.2 Å². The van der Waals surface area contributed by atoms with Crippen molar-refractivity contribution in [3.63, 3.8) is 0 Å². The Labute approximate surface area is 187 Å². The fourth-order valence-electron chi connectivity index (χ4n) is 3.88. The molecule has 0 aromatic heterocycles. The molecule has 33 heavy (non-hydrogen) atoms. The second-order valence-electron chi connectivity index (χ2n) is 7.90. The van der Waals surface area contributed by atoms with E-state index in [1.54, 1.807) is 36.4 Å². The second-order valence-corrected chi connectivity index (χ2v) is 7.90. The molecule has 3 aromatic rings. The molecule has 1 aliphatic rings. The summed E-state index contributed by atoms with van der Waals surface area (Å²) in [5.74, 6) is -3.54. The molecule has 2 N–H and O–H groups in total. The van der Waals surface area contributed by atoms with Gasteiger partial charge in [-0.2, -0.15) is 0 Å². The molecule has 0 radical (unpaired) electrons. The molecule has 4 rings (SSSR count). The number of hydrogen-bond donors (Lipinski definition) is 2. The highest BCUT2D eigenvalue weighted by Crippen LogP contribution is 2.30. The van der Waals surface area contributed by atoms with Crippen molar-refractivity contribution < 1.29 is 32.6 Å². The number of aromatic hydroxyl groups is 1. The van der Waals surface area contributed by atoms with Gasteiger partial charge in [-0.3, -0.25) is 10.1 Å². The zero-order valence-electron chi connectivity index (χ0n) is 17.4. The minimum absolute atomic E-state index is 0.0477. The summed E-state index contributed by atoms with van der Waals surface area (Å²) in [4.78, 5) is 24.7. The van der Waals surface area contributed by atoms with Crippen LogP contribution in [-0.4, -0.2) is 17.0 Å². The fraction of sp³-hybridized carbons (Fsp3) is 0.200. The zero-order valence-corrected chi connectivity index (χ0v) is 17.4. The van der Waals surface area contributed by atoms with Crippen molar-refractivity contribution in [1.82, 2.24) is 0 Å². The Morgan fingerprint density at radius 1 is 1.00 bits per heavy atom. The van der Waals surface area contributed by atoms with Crippen LogP contribution in [0.2, 0.25) is 0 Å². The van der Waals surface area contributed by atoms with Crippen molar-refractivity contribution in [3.8, 4) is 5.75 Å². The largest absolute Gasteiger partial charge is 0.508 e. The highest BCUT2D eigenvalue weighted by atomic mass is 19.2. The molecule has 0 heterocycles. The van der Waals surface area contributed by atoms with Crippen molar-refractivity contribution >= 4 is 17.6 Å². The van der Waals surface area contributed by atoms with Gasteiger partial charge in [-0.15, -0.1) is 0 Å². The minimum atomic E-state index is -1.32. The summed E-state index contributed by atoms with van der Waals surface area (Å²) in [6.45, 7) is -0.560. The van der Waals surface area contributed by atoms with Crippen LogP contribution in [0.4, 0.5) is 23.7 Å². The molecule has 0 saturated carbocycles. The van der Waals surface area contributed by atoms with Crippen molar-refractivity contribution in [2.24, 2.45) is 5.92 Å². The predicted molar refractivity (Wildman–Crippen MR) is 115 cm³/mol. The summed E-state index contributed by atoms with van der Waals surface area (Å²) in [6.07, 6.45) is 1.06. The van der Waals surface area contributed by atoms with E-state index in [0.717, 1.165) is 11.1 Å². The van der Waals surface area contributed by atoms with E-state index < -0.39 is 30.2 Å². The van der Waals surface area contributed by atoms with E-state index >= 15 is 0 Å². The highest BCUT2D eigenvalue weighted by Gasteiger charge is 2.27. The number of hydrogen-bond acceptors (Lipinski definition) is 4. The lowest BCUT2D eigenvalue weighted by molar-refractivity contribution is 0.0901. The van der Waals surface area contributed by atoms with Crippen LogP contribution in [0.1, 0.15) is 33.5 Å². The molecule has 170 valence electrons. The highest BCUT2D eigenvalue weighted by molar-refractivity contribution is 6.00. The topological polar surface area (TPSA) is 75.6 Å². The summed E-state index contributed by atoms with van der Waals surface area (Å²) in [6, 6.07) is 12.7. The molecule has 0 spiro atoms. The molecule has 8 heteroatoms. The maximum atomic E-state index is 13.6. The van der Waals surface area contributed by atoms with Gasteiger partial charge in [0.15, 0.2) is 17.4 Å². The Morgan fingerprint density at radius 3 is 2.48 bits per heavy atom. The maximum Gasteiger partial charge on any atom is 0.411 e. The number of carbonyl (C=O) groups excluding carboxylic acids is 2. The van der Waals surface area contributed by atoms with Crippen LogP contribution in [0, 0.1) is 23.4 Å². The van der Waals surface area contributed by atoms with Crippen LogP contribution >= 0.6 is 0 Å². The number of halogens is 3. The average molecular weight is 455 g/mol. The molecule has 1 atom stereocenters. The first-order valence-corrected chi connectivity index (χ1v) is 10.3. The number of benzene rings is 3. The normalized spacial score (nSPS) is 15.1. The van der Waals surface area contributed by atoms with Crippen molar-refractivity contribution in [1.29, 1.82) is 0 Å². The number of Topliss-reactive ketones (excluding diaryl/α,β-unsaturated/α-hetero) is 1. The Kier molecular flexibility index (Phi) is 6.35. The third kappa shape index (κ3) is 5.16. The summed E-state index contributed by atoms with van der Waals surface area (Å²) in [7, 11) is 0. The Balaban J connectivity index is 1.32. The number of ketones is 1. The maximum absolute atomic E-state index is 13.6. The third-order valence-electron chi connectivity index (χ3n) is 5.62. The lowest BCUT2D eigenvalue weighted by Crippen LogP contribution is -2.24. The standard InChI is InChI=1S/C25H20F3NO4/c26-21-12-23(28)22(27)11-17(21)13-33-25(32)29-18-5-1-14(2-6-18)9-16-4-3-15-10-19(30)7-8-20(15)24(16)31/h1-2,5-8,10-12,16,30H,3-4,9,13H2,(H,29,32). The average Bonchev–Trinajstić information content (AvgIpc) is 2.78. The van der Waals surface area contributed by atoms with Gasteiger partial charge in [-0.1, -0.05) is 12.1 Å². The first-order chi connectivity index (χ1) is 15.8. The van der Waals surface area contributed by atoms with Gasteiger partial charge in [-0.25, -0.2) is 18.0 Å². The van der Waals surface area contributed by atoms with Gasteiger partial charge in [0.2, 0.25) is 0 Å². The Hall–Kier alpha value is -3.81. The van der Waals surface area contributed by atoms with Crippen molar-refractivity contribution in [2.45, 2.75) is 25.9 Å². The van der Waals surface area contributed by atoms with Crippen molar-refractivity contribution in [2.75, 3.05) is 5.32 Å². The first-order valence-electron chi connectivity index (χ1n) is 10.3. The number of nitrogens with one attached hydrogen (secondary N) is 1. The van der Waals surface area contributed by atoms with Gasteiger partial charge in [-0.05, 0) is 66.8 Å². The molecular weight excluding hydrogens is 435 g/mol. The number of ether oxygens (including phenoxy) is 1. The van der Waals surface area contributed by atoms with E-state index in [1.165, 1.54) is 6.07 Å². The number of phenols is 1. The minimum Gasteiger partial charge on any atom is -0.508 e. The zero-order chi connectivity index (χ0) is 23.5. The monoisotopic (exact) mass is 455 g/mol. The van der Waals surface area contributed by atoms with Gasteiger partial charge in [0.1, 0.15) is 18.2 Å². The second kappa shape index (κ2) is 9.36. The van der Waals surface area contributed by atoms with Crippen LogP contribution in [0.5, 0.6) is 5.75 Å². The lowest BCUT2D eigenvalue weighted by Gasteiger charge is -2.23. The smallest absolute Gasteiger partial charge is 0.411 e. The van der Waals surface area contributed by atoms with Crippen LogP contribution < -0.4 is 5.32 Å². The molecule has 0 aliphatic heterocycles. The van der Waals surface area contributed by atoms with Crippen LogP contribution in [0.15, 0.2) is 54.6 Å². The third-order valence-corrected chi connectivity index (χ3v) is 5.62. The van der Waals surface area contributed by atoms with E-state index in [9.17, 15) is 27.9 Å². The molecular formula is C25H20F3NO4. The number of rotatable bonds is 5. The van der Waals surface area contributed by atoms with E-state index in [-0.39, 0.29) is 23.0 Å². The number of amides is 1. The Morgan fingerprint density at radius 2 is 1.73 bits per heavy atom. The number of carbonyl (C=O) groups is 2. The van der Waals surface area contributed by atoms with E-state index in [2.05, 4.69) is 5.32 Å². The lowest BCUT2D eigenvalue weighted by atomic mass is 9.79. The van der Waals surface area contributed by atoms with Gasteiger partial charge < -0.3 is 9.84 Å². The molecule has 1 aliphatic carbocycles. The quantitative estimate of drug-likeness (QED) is 0.495. The van der Waals surface area contributed by atoms with E-state index in [0.29, 0.717) is 42.6 Å². The van der Waals surface area contributed by atoms with Gasteiger partial charge >= 0.3 is 6.09 Å². The van der Waals surface area contributed by atoms with E-state index in [1.807, 2.05) is 0 Å². The molecule has 1 amide bonds. The molecule has 5 nitrogen and oxygen atoms in total. The molecule has 3 aromatic carbocycles. The summed E-state index contributed by atoms with van der Waals surface area (Å²) in [5.41, 5.74) is 2.55. The molecule has 0 saturated heterocycles. The van der Waals surface area contributed by atoms with E-state index in [4.69, 9.17) is 4.74 Å². The van der Waals surface area contributed by atoms with Gasteiger partial charge in [0, 0.05) is 28.8 Å². The summed E-state index contributed by atoms with van der Waals surface area (Å²) < 4.78 is 44.7. The number of fused-ring (bicyclic) bond motifs is 1. The number of aryl methyl sites for hydroxylation is 1. The van der Waals surface area contributed by atoms with Gasteiger partial charge in [0.05, 0.1) is 0 Å².